The van der Waals surface area contributed by atoms with Gasteiger partial charge < -0.3 is 14.3 Å². The van der Waals surface area contributed by atoms with E-state index in [1.165, 1.54) is 6.21 Å². The SMILES string of the molecule is COc1ccccc1-c1c(N=CC2=C(O)CC(c3ccco3)CC2=O)n[nH]c1C. The zero-order chi connectivity index (χ0) is 20.4. The number of aryl methyl sites for hydroxylation is 1. The predicted molar refractivity (Wildman–Crippen MR) is 109 cm³/mol. The van der Waals surface area contributed by atoms with Gasteiger partial charge in [0.05, 0.1) is 24.5 Å². The highest BCUT2D eigenvalue weighted by molar-refractivity contribution is 6.15. The number of carbonyl (C=O) groups is 1. The van der Waals surface area contributed by atoms with E-state index in [0.29, 0.717) is 23.7 Å². The number of nitrogens with one attached hydrogen (secondary N) is 1. The maximum atomic E-state index is 12.6. The molecule has 4 rings (SSSR count). The Balaban J connectivity index is 1.65. The summed E-state index contributed by atoms with van der Waals surface area (Å²) in [6.07, 6.45) is 3.55. The molecule has 1 unspecified atom stereocenters. The summed E-state index contributed by atoms with van der Waals surface area (Å²) in [5.74, 6) is 1.50. The Hall–Kier alpha value is -3.61. The number of hydrogen-bond donors (Lipinski definition) is 2. The van der Waals surface area contributed by atoms with E-state index in [1.54, 1.807) is 19.4 Å². The van der Waals surface area contributed by atoms with Crippen molar-refractivity contribution in [2.24, 2.45) is 4.99 Å². The molecule has 148 valence electrons. The van der Waals surface area contributed by atoms with Gasteiger partial charge in [0.15, 0.2) is 11.6 Å². The van der Waals surface area contributed by atoms with E-state index >= 15 is 0 Å². The summed E-state index contributed by atoms with van der Waals surface area (Å²) in [5.41, 5.74) is 2.67. The lowest BCUT2D eigenvalue weighted by Crippen LogP contribution is -2.19. The fraction of sp³-hybridized carbons (Fsp3) is 0.227. The molecule has 1 atom stereocenters. The number of aromatic amines is 1. The third-order valence-electron chi connectivity index (χ3n) is 5.05. The van der Waals surface area contributed by atoms with Crippen LogP contribution in [0, 0.1) is 6.92 Å². The van der Waals surface area contributed by atoms with Gasteiger partial charge in [-0.05, 0) is 25.1 Å². The van der Waals surface area contributed by atoms with Gasteiger partial charge >= 0.3 is 0 Å². The summed E-state index contributed by atoms with van der Waals surface area (Å²) in [4.78, 5) is 17.0. The van der Waals surface area contributed by atoms with Crippen molar-refractivity contribution in [3.8, 4) is 16.9 Å². The highest BCUT2D eigenvalue weighted by atomic mass is 16.5. The van der Waals surface area contributed by atoms with Gasteiger partial charge in [-0.15, -0.1) is 0 Å². The van der Waals surface area contributed by atoms with Crippen LogP contribution < -0.4 is 4.74 Å². The Morgan fingerprint density at radius 1 is 1.28 bits per heavy atom. The second-order valence-electron chi connectivity index (χ2n) is 6.91. The number of ketones is 1. The van der Waals surface area contributed by atoms with Crippen molar-refractivity contribution in [3.63, 3.8) is 0 Å². The highest BCUT2D eigenvalue weighted by Crippen LogP contribution is 2.38. The number of benzene rings is 1. The minimum Gasteiger partial charge on any atom is -0.511 e. The maximum Gasteiger partial charge on any atom is 0.181 e. The molecular formula is C22H21N3O4. The third kappa shape index (κ3) is 3.59. The van der Waals surface area contributed by atoms with E-state index in [2.05, 4.69) is 15.2 Å². The topological polar surface area (TPSA) is 101 Å². The Bertz CT molecular complexity index is 1090. The number of rotatable bonds is 5. The van der Waals surface area contributed by atoms with E-state index in [4.69, 9.17) is 9.15 Å². The predicted octanol–water partition coefficient (Wildman–Crippen LogP) is 4.65. The molecule has 0 saturated carbocycles. The van der Waals surface area contributed by atoms with Gasteiger partial charge in [-0.1, -0.05) is 18.2 Å². The Kier molecular flexibility index (Phi) is 5.03. The molecule has 1 aliphatic rings. The smallest absolute Gasteiger partial charge is 0.181 e. The number of aliphatic hydroxyl groups excluding tert-OH is 1. The number of nitrogens with zero attached hydrogens (tertiary/aromatic N) is 2. The van der Waals surface area contributed by atoms with E-state index in [1.807, 2.05) is 37.3 Å². The molecular weight excluding hydrogens is 370 g/mol. The average molecular weight is 391 g/mol. The molecule has 3 aromatic rings. The minimum atomic E-state index is -0.176. The van der Waals surface area contributed by atoms with Gasteiger partial charge in [0.2, 0.25) is 0 Å². The number of ether oxygens (including phenoxy) is 1. The molecule has 29 heavy (non-hydrogen) atoms. The van der Waals surface area contributed by atoms with E-state index < -0.39 is 0 Å². The van der Waals surface area contributed by atoms with Crippen LogP contribution in [0.4, 0.5) is 5.82 Å². The van der Waals surface area contributed by atoms with Crippen LogP contribution in [-0.2, 0) is 4.79 Å². The summed E-state index contributed by atoms with van der Waals surface area (Å²) in [5, 5.41) is 17.6. The number of carbonyl (C=O) groups excluding carboxylic acids is 1. The minimum absolute atomic E-state index is 0.0116. The van der Waals surface area contributed by atoms with Crippen LogP contribution >= 0.6 is 0 Å². The van der Waals surface area contributed by atoms with Crippen molar-refractivity contribution in [2.75, 3.05) is 7.11 Å². The first-order valence-electron chi connectivity index (χ1n) is 9.29. The van der Waals surface area contributed by atoms with Crippen molar-refractivity contribution >= 4 is 17.8 Å². The molecule has 0 spiro atoms. The van der Waals surface area contributed by atoms with Crippen molar-refractivity contribution in [1.82, 2.24) is 10.2 Å². The largest absolute Gasteiger partial charge is 0.511 e. The molecule has 0 aliphatic heterocycles. The van der Waals surface area contributed by atoms with E-state index in [0.717, 1.165) is 16.8 Å². The number of Topliss-reactive ketones (excluding diaryl/α,β-unsaturated/α-hetero) is 1. The van der Waals surface area contributed by atoms with E-state index in [-0.39, 0.29) is 29.5 Å². The number of H-pyrrole nitrogens is 1. The van der Waals surface area contributed by atoms with Gasteiger partial charge in [-0.3, -0.25) is 9.89 Å². The first-order chi connectivity index (χ1) is 14.1. The van der Waals surface area contributed by atoms with Gasteiger partial charge in [0.1, 0.15) is 17.3 Å². The third-order valence-corrected chi connectivity index (χ3v) is 5.05. The molecule has 2 aromatic heterocycles. The van der Waals surface area contributed by atoms with Crippen LogP contribution in [0.5, 0.6) is 5.75 Å². The summed E-state index contributed by atoms with van der Waals surface area (Å²) in [6.45, 7) is 1.89. The molecule has 2 heterocycles. The van der Waals surface area contributed by atoms with Crippen molar-refractivity contribution in [2.45, 2.75) is 25.7 Å². The molecule has 0 bridgehead atoms. The molecule has 7 nitrogen and oxygen atoms in total. The number of aliphatic hydroxyl groups is 1. The molecule has 0 amide bonds. The molecule has 0 saturated heterocycles. The second kappa shape index (κ2) is 7.79. The molecule has 1 aliphatic carbocycles. The van der Waals surface area contributed by atoms with Crippen LogP contribution in [0.2, 0.25) is 0 Å². The molecule has 7 heteroatoms. The lowest BCUT2D eigenvalue weighted by Gasteiger charge is -2.20. The second-order valence-corrected chi connectivity index (χ2v) is 6.91. The lowest BCUT2D eigenvalue weighted by molar-refractivity contribution is -0.116. The first-order valence-corrected chi connectivity index (χ1v) is 9.29. The fourth-order valence-electron chi connectivity index (χ4n) is 3.59. The number of aromatic nitrogens is 2. The maximum absolute atomic E-state index is 12.6. The summed E-state index contributed by atoms with van der Waals surface area (Å²) >= 11 is 0. The number of allylic oxidation sites excluding steroid dienone is 2. The highest BCUT2D eigenvalue weighted by Gasteiger charge is 2.29. The average Bonchev–Trinajstić information content (AvgIpc) is 3.37. The quantitative estimate of drug-likeness (QED) is 0.617. The Morgan fingerprint density at radius 2 is 2.10 bits per heavy atom. The van der Waals surface area contributed by atoms with E-state index in [9.17, 15) is 9.90 Å². The zero-order valence-electron chi connectivity index (χ0n) is 16.2. The van der Waals surface area contributed by atoms with Crippen LogP contribution in [0.3, 0.4) is 0 Å². The molecule has 0 radical (unpaired) electrons. The number of furan rings is 1. The first kappa shape index (κ1) is 18.7. The van der Waals surface area contributed by atoms with Crippen LogP contribution in [0.25, 0.3) is 11.1 Å². The summed E-state index contributed by atoms with van der Waals surface area (Å²) < 4.78 is 10.8. The summed E-state index contributed by atoms with van der Waals surface area (Å²) in [7, 11) is 1.61. The van der Waals surface area contributed by atoms with Gasteiger partial charge in [0.25, 0.3) is 0 Å². The Labute approximate surface area is 167 Å². The zero-order valence-corrected chi connectivity index (χ0v) is 16.2. The fourth-order valence-corrected chi connectivity index (χ4v) is 3.59. The number of aliphatic imine (C=N–C) groups is 1. The van der Waals surface area contributed by atoms with Gasteiger partial charge in [-0.25, -0.2) is 4.99 Å². The monoisotopic (exact) mass is 391 g/mol. The van der Waals surface area contributed by atoms with Gasteiger partial charge in [0, 0.05) is 36.2 Å². The van der Waals surface area contributed by atoms with Crippen molar-refractivity contribution in [1.29, 1.82) is 0 Å². The Morgan fingerprint density at radius 3 is 2.83 bits per heavy atom. The standard InChI is InChI=1S/C22H21N3O4/c1-13-21(15-6-3-4-7-20(15)28-2)22(25-24-13)23-12-16-17(26)10-14(11-18(16)27)19-8-5-9-29-19/h3-9,12,14,26H,10-11H2,1-2H3,(H,24,25). The van der Waals surface area contributed by atoms with Crippen LogP contribution in [-0.4, -0.2) is 34.4 Å². The van der Waals surface area contributed by atoms with Crippen molar-refractivity contribution in [3.05, 3.63) is 65.4 Å². The summed E-state index contributed by atoms with van der Waals surface area (Å²) in [6, 6.07) is 11.2. The van der Waals surface area contributed by atoms with Crippen LogP contribution in [0.15, 0.2) is 63.4 Å². The van der Waals surface area contributed by atoms with Crippen molar-refractivity contribution < 1.29 is 19.1 Å². The lowest BCUT2D eigenvalue weighted by atomic mass is 9.86. The number of methoxy groups -OCH3 is 1. The number of para-hydroxylation sites is 1. The molecule has 0 fully saturated rings. The molecule has 2 N–H and O–H groups in total. The van der Waals surface area contributed by atoms with Gasteiger partial charge in [-0.2, -0.15) is 5.10 Å². The van der Waals surface area contributed by atoms with Crippen LogP contribution in [0.1, 0.15) is 30.2 Å². The normalized spacial score (nSPS) is 17.3. The molecule has 1 aromatic carbocycles. The number of hydrogen-bond acceptors (Lipinski definition) is 6.